The van der Waals surface area contributed by atoms with E-state index in [0.717, 1.165) is 18.5 Å². The molecule has 12 heteroatoms. The summed E-state index contributed by atoms with van der Waals surface area (Å²) < 4.78 is 10.5. The third kappa shape index (κ3) is 4.05. The standard InChI is InChI=1S/C20H24N8O3S/c1-4-6-11-27-17-16(18(29)22-19(27)30)26(3)15(21-17)12-32-20-23-24-25-28(20)13-9-7-8-10-14(13)31-5-2/h7-10H,4-6,11-12H2,1-3H3,(H,22,29,30). The second-order valence-electron chi connectivity index (χ2n) is 7.09. The molecule has 3 aromatic heterocycles. The number of aromatic amines is 1. The monoisotopic (exact) mass is 456 g/mol. The molecule has 0 saturated heterocycles. The number of imidazole rings is 1. The average molecular weight is 457 g/mol. The summed E-state index contributed by atoms with van der Waals surface area (Å²) in [6, 6.07) is 7.52. The van der Waals surface area contributed by atoms with Crippen molar-refractivity contribution in [2.75, 3.05) is 6.61 Å². The Morgan fingerprint density at radius 1 is 1.19 bits per heavy atom. The molecule has 4 aromatic rings. The first-order chi connectivity index (χ1) is 15.5. The molecule has 0 aliphatic carbocycles. The molecule has 0 bridgehead atoms. The van der Waals surface area contributed by atoms with E-state index in [9.17, 15) is 9.59 Å². The van der Waals surface area contributed by atoms with Gasteiger partial charge in [0.25, 0.3) is 5.56 Å². The lowest BCUT2D eigenvalue weighted by molar-refractivity contribution is 0.337. The summed E-state index contributed by atoms with van der Waals surface area (Å²) in [7, 11) is 1.77. The van der Waals surface area contributed by atoms with Gasteiger partial charge in [0.15, 0.2) is 11.2 Å². The normalized spacial score (nSPS) is 11.3. The van der Waals surface area contributed by atoms with E-state index in [1.807, 2.05) is 38.1 Å². The number of fused-ring (bicyclic) bond motifs is 1. The van der Waals surface area contributed by atoms with Gasteiger partial charge in [0, 0.05) is 13.6 Å². The smallest absolute Gasteiger partial charge is 0.330 e. The first-order valence-electron chi connectivity index (χ1n) is 10.4. The quantitative estimate of drug-likeness (QED) is 0.379. The van der Waals surface area contributed by atoms with E-state index in [-0.39, 0.29) is 0 Å². The Hall–Kier alpha value is -3.41. The number of unbranched alkanes of at least 4 members (excludes halogenated alkanes) is 1. The lowest BCUT2D eigenvalue weighted by Crippen LogP contribution is -2.31. The Labute approximate surface area is 187 Å². The molecule has 0 atom stereocenters. The molecule has 0 spiro atoms. The van der Waals surface area contributed by atoms with Crippen molar-refractivity contribution >= 4 is 22.9 Å². The highest BCUT2D eigenvalue weighted by Gasteiger charge is 2.19. The Kier molecular flexibility index (Phi) is 6.40. The molecule has 0 unspecified atom stereocenters. The minimum absolute atomic E-state index is 0.373. The fourth-order valence-electron chi connectivity index (χ4n) is 3.40. The van der Waals surface area contributed by atoms with Crippen LogP contribution in [-0.4, -0.2) is 45.9 Å². The van der Waals surface area contributed by atoms with Crippen molar-refractivity contribution in [2.24, 2.45) is 7.05 Å². The van der Waals surface area contributed by atoms with Gasteiger partial charge in [-0.05, 0) is 35.9 Å². The van der Waals surface area contributed by atoms with Crippen molar-refractivity contribution in [1.29, 1.82) is 0 Å². The molecule has 0 aliphatic heterocycles. The molecular weight excluding hydrogens is 432 g/mol. The first-order valence-corrected chi connectivity index (χ1v) is 11.4. The van der Waals surface area contributed by atoms with E-state index in [0.29, 0.717) is 46.8 Å². The molecule has 11 nitrogen and oxygen atoms in total. The number of ether oxygens (including phenoxy) is 1. The number of aromatic nitrogens is 8. The molecule has 4 rings (SSSR count). The summed E-state index contributed by atoms with van der Waals surface area (Å²) in [6.45, 7) is 4.98. The Morgan fingerprint density at radius 2 is 2.00 bits per heavy atom. The molecule has 168 valence electrons. The number of aryl methyl sites for hydroxylation is 2. The van der Waals surface area contributed by atoms with Crippen LogP contribution in [0.15, 0.2) is 39.0 Å². The van der Waals surface area contributed by atoms with Crippen LogP contribution in [0.2, 0.25) is 0 Å². The van der Waals surface area contributed by atoms with Gasteiger partial charge in [-0.1, -0.05) is 37.2 Å². The molecular formula is C20H24N8O3S. The van der Waals surface area contributed by atoms with Crippen molar-refractivity contribution in [3.8, 4) is 11.4 Å². The van der Waals surface area contributed by atoms with Crippen molar-refractivity contribution in [3.63, 3.8) is 0 Å². The maximum Gasteiger partial charge on any atom is 0.330 e. The number of benzene rings is 1. The highest BCUT2D eigenvalue weighted by Crippen LogP contribution is 2.27. The number of tetrazole rings is 1. The Morgan fingerprint density at radius 3 is 2.78 bits per heavy atom. The van der Waals surface area contributed by atoms with Gasteiger partial charge >= 0.3 is 5.69 Å². The topological polar surface area (TPSA) is 126 Å². The molecule has 1 aromatic carbocycles. The summed E-state index contributed by atoms with van der Waals surface area (Å²) in [4.78, 5) is 31.8. The van der Waals surface area contributed by atoms with Crippen molar-refractivity contribution in [2.45, 2.75) is 44.1 Å². The number of nitrogens with one attached hydrogen (secondary N) is 1. The van der Waals surface area contributed by atoms with E-state index >= 15 is 0 Å². The zero-order valence-corrected chi connectivity index (χ0v) is 18.9. The Balaban J connectivity index is 1.67. The van der Waals surface area contributed by atoms with Gasteiger partial charge in [0.05, 0.1) is 12.4 Å². The number of H-pyrrole nitrogens is 1. The molecule has 3 heterocycles. The summed E-state index contributed by atoms with van der Waals surface area (Å²) in [5.74, 6) is 1.72. The number of hydrogen-bond acceptors (Lipinski definition) is 8. The second kappa shape index (κ2) is 9.39. The van der Waals surface area contributed by atoms with Gasteiger partial charge in [-0.25, -0.2) is 9.78 Å². The van der Waals surface area contributed by atoms with Crippen LogP contribution >= 0.6 is 11.8 Å². The molecule has 32 heavy (non-hydrogen) atoms. The lowest BCUT2D eigenvalue weighted by Gasteiger charge is -2.10. The molecule has 0 fully saturated rings. The van der Waals surface area contributed by atoms with Gasteiger partial charge < -0.3 is 9.30 Å². The van der Waals surface area contributed by atoms with Crippen LogP contribution in [0.1, 0.15) is 32.5 Å². The van der Waals surface area contributed by atoms with Crippen LogP contribution in [0.25, 0.3) is 16.9 Å². The third-order valence-corrected chi connectivity index (χ3v) is 5.92. The number of hydrogen-bond donors (Lipinski definition) is 1. The van der Waals surface area contributed by atoms with Crippen LogP contribution in [0.3, 0.4) is 0 Å². The van der Waals surface area contributed by atoms with Crippen LogP contribution in [-0.2, 0) is 19.3 Å². The number of rotatable bonds is 9. The first kappa shape index (κ1) is 21.8. The van der Waals surface area contributed by atoms with E-state index in [1.165, 1.54) is 16.3 Å². The SMILES string of the molecule is CCCCn1c(=O)[nH]c(=O)c2c1nc(CSc1nnnn1-c1ccccc1OCC)n2C. The Bertz CT molecular complexity index is 1350. The zero-order valence-electron chi connectivity index (χ0n) is 18.1. The van der Waals surface area contributed by atoms with Gasteiger partial charge in [-0.3, -0.25) is 14.3 Å². The van der Waals surface area contributed by atoms with Crippen LogP contribution in [0.4, 0.5) is 0 Å². The molecule has 1 N–H and O–H groups in total. The number of para-hydroxylation sites is 2. The van der Waals surface area contributed by atoms with Crippen LogP contribution in [0.5, 0.6) is 5.75 Å². The van der Waals surface area contributed by atoms with Gasteiger partial charge in [-0.2, -0.15) is 4.68 Å². The van der Waals surface area contributed by atoms with E-state index in [2.05, 4.69) is 25.5 Å². The highest BCUT2D eigenvalue weighted by molar-refractivity contribution is 7.98. The molecule has 0 radical (unpaired) electrons. The van der Waals surface area contributed by atoms with E-state index in [4.69, 9.17) is 4.74 Å². The minimum atomic E-state index is -0.445. The summed E-state index contributed by atoms with van der Waals surface area (Å²) in [5.41, 5.74) is 0.616. The molecule has 0 aliphatic rings. The number of nitrogens with zero attached hydrogens (tertiary/aromatic N) is 7. The van der Waals surface area contributed by atoms with Crippen LogP contribution in [0, 0.1) is 0 Å². The van der Waals surface area contributed by atoms with E-state index in [1.54, 1.807) is 16.3 Å². The fourth-order valence-corrected chi connectivity index (χ4v) is 4.27. The fraction of sp³-hybridized carbons (Fsp3) is 0.400. The molecule has 0 saturated carbocycles. The van der Waals surface area contributed by atoms with Crippen molar-refractivity contribution in [3.05, 3.63) is 50.9 Å². The maximum atomic E-state index is 12.4. The van der Waals surface area contributed by atoms with Crippen molar-refractivity contribution in [1.82, 2.24) is 39.3 Å². The van der Waals surface area contributed by atoms with Gasteiger partial charge in [0.2, 0.25) is 5.16 Å². The summed E-state index contributed by atoms with van der Waals surface area (Å²) >= 11 is 1.38. The predicted octanol–water partition coefficient (Wildman–Crippen LogP) is 1.89. The van der Waals surface area contributed by atoms with Crippen LogP contribution < -0.4 is 16.0 Å². The van der Waals surface area contributed by atoms with Gasteiger partial charge in [-0.15, -0.1) is 5.10 Å². The lowest BCUT2D eigenvalue weighted by atomic mass is 10.3. The molecule has 0 amide bonds. The zero-order chi connectivity index (χ0) is 22.7. The second-order valence-corrected chi connectivity index (χ2v) is 8.03. The van der Waals surface area contributed by atoms with Gasteiger partial charge in [0.1, 0.15) is 17.3 Å². The van der Waals surface area contributed by atoms with E-state index < -0.39 is 11.2 Å². The number of thioether (sulfide) groups is 1. The average Bonchev–Trinajstić information content (AvgIpc) is 3.37. The summed E-state index contributed by atoms with van der Waals surface area (Å²) in [5, 5.41) is 12.6. The largest absolute Gasteiger partial charge is 0.492 e. The highest BCUT2D eigenvalue weighted by atomic mass is 32.2. The predicted molar refractivity (Wildman–Crippen MR) is 120 cm³/mol. The summed E-state index contributed by atoms with van der Waals surface area (Å²) in [6.07, 6.45) is 1.74. The maximum absolute atomic E-state index is 12.4. The minimum Gasteiger partial charge on any atom is -0.492 e. The third-order valence-electron chi connectivity index (χ3n) is 5.01. The van der Waals surface area contributed by atoms with Crippen molar-refractivity contribution < 1.29 is 4.74 Å².